The maximum absolute atomic E-state index is 6.11. The van der Waals surface area contributed by atoms with Crippen LogP contribution in [0, 0.1) is 0 Å². The molecule has 0 aromatic carbocycles. The molecule has 0 aliphatic carbocycles. The number of hydrogen-bond donors (Lipinski definition) is 1. The molecule has 0 radical (unpaired) electrons. The molecule has 1 unspecified atom stereocenters. The summed E-state index contributed by atoms with van der Waals surface area (Å²) in [6.45, 7) is 2.06. The average Bonchev–Trinajstić information content (AvgIpc) is 2.84. The van der Waals surface area contributed by atoms with Crippen LogP contribution in [0.1, 0.15) is 30.0 Å². The maximum atomic E-state index is 6.11. The molecule has 2 heterocycles. The molecule has 80 valence electrons. The summed E-state index contributed by atoms with van der Waals surface area (Å²) in [6, 6.07) is 3.76. The van der Waals surface area contributed by atoms with E-state index in [1.807, 2.05) is 22.9 Å². The van der Waals surface area contributed by atoms with Gasteiger partial charge in [0, 0.05) is 21.8 Å². The number of thiophene rings is 1. The number of aryl methyl sites for hydroxylation is 1. The molecule has 0 amide bonds. The van der Waals surface area contributed by atoms with E-state index in [9.17, 15) is 0 Å². The number of furan rings is 1. The molecular formula is C11H12BrNOS. The Balaban J connectivity index is 2.28. The lowest BCUT2D eigenvalue weighted by Crippen LogP contribution is -2.10. The molecular weight excluding hydrogens is 274 g/mol. The van der Waals surface area contributed by atoms with Crippen molar-refractivity contribution in [1.82, 2.24) is 0 Å². The van der Waals surface area contributed by atoms with Crippen molar-refractivity contribution in [2.45, 2.75) is 19.4 Å². The molecule has 0 aliphatic heterocycles. The van der Waals surface area contributed by atoms with Crippen molar-refractivity contribution in [3.63, 3.8) is 0 Å². The number of rotatable bonds is 3. The van der Waals surface area contributed by atoms with Crippen molar-refractivity contribution < 1.29 is 4.42 Å². The molecule has 2 N–H and O–H groups in total. The van der Waals surface area contributed by atoms with Crippen molar-refractivity contribution >= 4 is 27.3 Å². The lowest BCUT2D eigenvalue weighted by molar-refractivity contribution is 0.454. The second-order valence-electron chi connectivity index (χ2n) is 3.31. The lowest BCUT2D eigenvalue weighted by Gasteiger charge is -2.07. The fourth-order valence-corrected chi connectivity index (χ4v) is 3.00. The molecule has 0 saturated heterocycles. The minimum Gasteiger partial charge on any atom is -0.464 e. The summed E-state index contributed by atoms with van der Waals surface area (Å²) in [5.74, 6) is 1.80. The van der Waals surface area contributed by atoms with Gasteiger partial charge in [0.1, 0.15) is 11.5 Å². The average molecular weight is 286 g/mol. The van der Waals surface area contributed by atoms with Crippen LogP contribution in [0.25, 0.3) is 0 Å². The Morgan fingerprint density at radius 2 is 2.27 bits per heavy atom. The van der Waals surface area contributed by atoms with E-state index in [2.05, 4.69) is 22.9 Å². The van der Waals surface area contributed by atoms with Gasteiger partial charge in [-0.1, -0.05) is 6.92 Å². The molecule has 2 aromatic rings. The third-order valence-corrected chi connectivity index (χ3v) is 4.07. The van der Waals surface area contributed by atoms with Crippen molar-refractivity contribution in [3.05, 3.63) is 44.4 Å². The molecule has 2 rings (SSSR count). The van der Waals surface area contributed by atoms with E-state index < -0.39 is 0 Å². The third kappa shape index (κ3) is 2.17. The molecule has 2 aromatic heterocycles. The van der Waals surface area contributed by atoms with Gasteiger partial charge in [0.25, 0.3) is 0 Å². The first-order valence-electron chi connectivity index (χ1n) is 4.78. The monoisotopic (exact) mass is 285 g/mol. The Kier molecular flexibility index (Phi) is 3.29. The summed E-state index contributed by atoms with van der Waals surface area (Å²) in [5, 5.41) is 4.07. The van der Waals surface area contributed by atoms with Crippen LogP contribution in [0.4, 0.5) is 0 Å². The van der Waals surface area contributed by atoms with Crippen molar-refractivity contribution in [2.24, 2.45) is 5.73 Å². The molecule has 15 heavy (non-hydrogen) atoms. The fourth-order valence-electron chi connectivity index (χ4n) is 1.42. The van der Waals surface area contributed by atoms with Crippen molar-refractivity contribution in [3.8, 4) is 0 Å². The topological polar surface area (TPSA) is 39.2 Å². The van der Waals surface area contributed by atoms with Gasteiger partial charge in [-0.05, 0) is 33.4 Å². The van der Waals surface area contributed by atoms with Crippen LogP contribution in [0.3, 0.4) is 0 Å². The first-order valence-corrected chi connectivity index (χ1v) is 6.51. The highest BCUT2D eigenvalue weighted by Crippen LogP contribution is 2.30. The zero-order valence-electron chi connectivity index (χ0n) is 8.37. The second-order valence-corrected chi connectivity index (χ2v) is 4.91. The minimum atomic E-state index is -0.175. The Morgan fingerprint density at radius 1 is 1.47 bits per heavy atom. The van der Waals surface area contributed by atoms with Gasteiger partial charge < -0.3 is 10.2 Å². The molecule has 0 saturated carbocycles. The van der Waals surface area contributed by atoms with E-state index >= 15 is 0 Å². The fraction of sp³-hybridized carbons (Fsp3) is 0.273. The predicted molar refractivity (Wildman–Crippen MR) is 66.1 cm³/mol. The standard InChI is InChI=1S/C11H12BrNOS/c1-2-7-3-4-10(14-7)11(13)8-5-15-6-9(8)12/h3-6,11H,2,13H2,1H3. The highest BCUT2D eigenvalue weighted by Gasteiger charge is 2.16. The van der Waals surface area contributed by atoms with E-state index in [1.54, 1.807) is 11.3 Å². The molecule has 1 atom stereocenters. The van der Waals surface area contributed by atoms with Crippen LogP contribution in [-0.2, 0) is 6.42 Å². The summed E-state index contributed by atoms with van der Waals surface area (Å²) in [7, 11) is 0. The van der Waals surface area contributed by atoms with E-state index in [0.29, 0.717) is 0 Å². The number of nitrogens with two attached hydrogens (primary N) is 1. The van der Waals surface area contributed by atoms with Gasteiger partial charge in [0.15, 0.2) is 0 Å². The van der Waals surface area contributed by atoms with Crippen LogP contribution in [0.15, 0.2) is 31.8 Å². The van der Waals surface area contributed by atoms with Crippen LogP contribution < -0.4 is 5.73 Å². The summed E-state index contributed by atoms with van der Waals surface area (Å²) < 4.78 is 6.68. The normalized spacial score (nSPS) is 13.0. The van der Waals surface area contributed by atoms with Gasteiger partial charge in [0.2, 0.25) is 0 Å². The zero-order chi connectivity index (χ0) is 10.8. The van der Waals surface area contributed by atoms with E-state index in [0.717, 1.165) is 28.0 Å². The molecule has 0 bridgehead atoms. The van der Waals surface area contributed by atoms with E-state index in [-0.39, 0.29) is 6.04 Å². The predicted octanol–water partition coefficient (Wildman–Crippen LogP) is 3.71. The van der Waals surface area contributed by atoms with Gasteiger partial charge in [-0.3, -0.25) is 0 Å². The number of hydrogen-bond acceptors (Lipinski definition) is 3. The zero-order valence-corrected chi connectivity index (χ0v) is 10.8. The van der Waals surface area contributed by atoms with Crippen LogP contribution >= 0.6 is 27.3 Å². The molecule has 0 aliphatic rings. The Hall–Kier alpha value is -0.580. The van der Waals surface area contributed by atoms with Gasteiger partial charge >= 0.3 is 0 Å². The van der Waals surface area contributed by atoms with Crippen LogP contribution in [0.5, 0.6) is 0 Å². The minimum absolute atomic E-state index is 0.175. The largest absolute Gasteiger partial charge is 0.464 e. The molecule has 0 spiro atoms. The SMILES string of the molecule is CCc1ccc(C(N)c2cscc2Br)o1. The van der Waals surface area contributed by atoms with Crippen molar-refractivity contribution in [2.75, 3.05) is 0 Å². The van der Waals surface area contributed by atoms with Gasteiger partial charge in [-0.15, -0.1) is 0 Å². The van der Waals surface area contributed by atoms with E-state index in [4.69, 9.17) is 10.2 Å². The Morgan fingerprint density at radius 3 is 2.80 bits per heavy atom. The molecule has 2 nitrogen and oxygen atoms in total. The highest BCUT2D eigenvalue weighted by atomic mass is 79.9. The lowest BCUT2D eigenvalue weighted by atomic mass is 10.1. The van der Waals surface area contributed by atoms with E-state index in [1.165, 1.54) is 0 Å². The Labute approximate surface area is 101 Å². The Bertz CT molecular complexity index is 449. The highest BCUT2D eigenvalue weighted by molar-refractivity contribution is 9.10. The van der Waals surface area contributed by atoms with Gasteiger partial charge in [-0.25, -0.2) is 0 Å². The molecule has 0 fully saturated rings. The van der Waals surface area contributed by atoms with Gasteiger partial charge in [0.05, 0.1) is 6.04 Å². The third-order valence-electron chi connectivity index (χ3n) is 2.31. The first-order chi connectivity index (χ1) is 7.22. The summed E-state index contributed by atoms with van der Waals surface area (Å²) in [6.07, 6.45) is 0.900. The quantitative estimate of drug-likeness (QED) is 0.934. The second kappa shape index (κ2) is 4.51. The summed E-state index contributed by atoms with van der Waals surface area (Å²) in [5.41, 5.74) is 7.19. The summed E-state index contributed by atoms with van der Waals surface area (Å²) >= 11 is 5.11. The van der Waals surface area contributed by atoms with Gasteiger partial charge in [-0.2, -0.15) is 11.3 Å². The smallest absolute Gasteiger partial charge is 0.125 e. The molecule has 4 heteroatoms. The first kappa shape index (κ1) is 10.9. The van der Waals surface area contributed by atoms with Crippen LogP contribution in [0.2, 0.25) is 0 Å². The summed E-state index contributed by atoms with van der Waals surface area (Å²) in [4.78, 5) is 0. The van der Waals surface area contributed by atoms with Crippen LogP contribution in [-0.4, -0.2) is 0 Å². The van der Waals surface area contributed by atoms with Crippen molar-refractivity contribution in [1.29, 1.82) is 0 Å². The maximum Gasteiger partial charge on any atom is 0.125 e. The number of halogens is 1.